The van der Waals surface area contributed by atoms with Crippen molar-refractivity contribution in [2.45, 2.75) is 37.6 Å². The molecule has 3 heterocycles. The lowest BCUT2D eigenvalue weighted by molar-refractivity contribution is 0.0709. The number of nitrogens with zero attached hydrogens (tertiary/aromatic N) is 5. The summed E-state index contributed by atoms with van der Waals surface area (Å²) in [5, 5.41) is 4.10. The maximum atomic E-state index is 13.0. The molecule has 164 valence electrons. The van der Waals surface area contributed by atoms with Crippen LogP contribution in [-0.4, -0.2) is 58.4 Å². The van der Waals surface area contributed by atoms with E-state index < -0.39 is 10.0 Å². The molecule has 1 fully saturated rings. The highest BCUT2D eigenvalue weighted by atomic mass is 32.2. The van der Waals surface area contributed by atoms with Crippen LogP contribution in [0.25, 0.3) is 5.69 Å². The van der Waals surface area contributed by atoms with E-state index in [0.29, 0.717) is 13.1 Å². The van der Waals surface area contributed by atoms with Crippen molar-refractivity contribution in [2.75, 3.05) is 20.1 Å². The topological polar surface area (TPSA) is 102 Å². The standard InChI is InChI=1S/C21H25N5O4S/c1-15(17-6-8-18(9-7-17)26-14-22-13-23-26)24(3)21(27)19-12-20(16(2)30-19)31(28,29)25-10-4-5-11-25/h6-9,12-15H,4-5,10-11H2,1-3H3. The first-order valence-corrected chi connectivity index (χ1v) is 11.6. The molecule has 0 radical (unpaired) electrons. The maximum Gasteiger partial charge on any atom is 0.289 e. The summed E-state index contributed by atoms with van der Waals surface area (Å²) >= 11 is 0. The molecule has 10 heteroatoms. The third-order valence-electron chi connectivity index (χ3n) is 5.73. The first-order valence-electron chi connectivity index (χ1n) is 10.1. The van der Waals surface area contributed by atoms with Crippen LogP contribution in [0.1, 0.15) is 47.7 Å². The average molecular weight is 444 g/mol. The number of rotatable bonds is 6. The molecule has 1 saturated heterocycles. The maximum absolute atomic E-state index is 13.0. The fourth-order valence-corrected chi connectivity index (χ4v) is 5.39. The molecule has 1 amide bonds. The lowest BCUT2D eigenvalue weighted by Gasteiger charge is -2.24. The van der Waals surface area contributed by atoms with Crippen molar-refractivity contribution in [2.24, 2.45) is 0 Å². The first kappa shape index (κ1) is 21.3. The van der Waals surface area contributed by atoms with Crippen LogP contribution in [0.3, 0.4) is 0 Å². The van der Waals surface area contributed by atoms with Crippen molar-refractivity contribution in [3.8, 4) is 5.69 Å². The number of carbonyl (C=O) groups is 1. The molecule has 3 aromatic rings. The van der Waals surface area contributed by atoms with Crippen molar-refractivity contribution >= 4 is 15.9 Å². The van der Waals surface area contributed by atoms with Crippen molar-refractivity contribution in [1.82, 2.24) is 24.0 Å². The predicted octanol–water partition coefficient (Wildman–Crippen LogP) is 2.79. The van der Waals surface area contributed by atoms with Crippen LogP contribution >= 0.6 is 0 Å². The second kappa shape index (κ2) is 8.27. The molecule has 0 spiro atoms. The predicted molar refractivity (Wildman–Crippen MR) is 113 cm³/mol. The SMILES string of the molecule is Cc1oc(C(=O)N(C)C(C)c2ccc(-n3cncn3)cc2)cc1S(=O)(=O)N1CCCC1. The van der Waals surface area contributed by atoms with Crippen LogP contribution in [0.5, 0.6) is 0 Å². The molecular weight excluding hydrogens is 418 g/mol. The third-order valence-corrected chi connectivity index (χ3v) is 7.73. The van der Waals surface area contributed by atoms with Crippen LogP contribution in [0, 0.1) is 6.92 Å². The van der Waals surface area contributed by atoms with Gasteiger partial charge in [0, 0.05) is 26.2 Å². The largest absolute Gasteiger partial charge is 0.455 e. The van der Waals surface area contributed by atoms with E-state index in [1.807, 2.05) is 31.2 Å². The highest BCUT2D eigenvalue weighted by Crippen LogP contribution is 2.28. The van der Waals surface area contributed by atoms with Gasteiger partial charge in [0.25, 0.3) is 5.91 Å². The molecule has 1 atom stereocenters. The van der Waals surface area contributed by atoms with Gasteiger partial charge in [0.05, 0.1) is 11.7 Å². The van der Waals surface area contributed by atoms with Crippen molar-refractivity contribution < 1.29 is 17.6 Å². The Hall–Kier alpha value is -2.98. The zero-order valence-electron chi connectivity index (χ0n) is 17.7. The van der Waals surface area contributed by atoms with Gasteiger partial charge in [-0.15, -0.1) is 0 Å². The highest BCUT2D eigenvalue weighted by Gasteiger charge is 2.32. The number of hydrogen-bond donors (Lipinski definition) is 0. The highest BCUT2D eigenvalue weighted by molar-refractivity contribution is 7.89. The number of aryl methyl sites for hydroxylation is 1. The van der Waals surface area contributed by atoms with Gasteiger partial charge in [-0.1, -0.05) is 12.1 Å². The smallest absolute Gasteiger partial charge is 0.289 e. The summed E-state index contributed by atoms with van der Waals surface area (Å²) in [6.45, 7) is 4.47. The summed E-state index contributed by atoms with van der Waals surface area (Å²) in [4.78, 5) is 18.6. The van der Waals surface area contributed by atoms with Crippen LogP contribution in [0.2, 0.25) is 0 Å². The van der Waals surface area contributed by atoms with Crippen molar-refractivity contribution in [3.05, 3.63) is 60.1 Å². The van der Waals surface area contributed by atoms with Gasteiger partial charge in [-0.05, 0) is 44.4 Å². The molecule has 1 unspecified atom stereocenters. The van der Waals surface area contributed by atoms with Gasteiger partial charge < -0.3 is 9.32 Å². The van der Waals surface area contributed by atoms with E-state index in [-0.39, 0.29) is 28.4 Å². The molecule has 1 aromatic carbocycles. The molecule has 0 aliphatic carbocycles. The van der Waals surface area contributed by atoms with Crippen LogP contribution in [-0.2, 0) is 10.0 Å². The lowest BCUT2D eigenvalue weighted by Crippen LogP contribution is -2.29. The Morgan fingerprint density at radius 3 is 2.48 bits per heavy atom. The number of furan rings is 1. The normalized spacial score (nSPS) is 15.8. The van der Waals surface area contributed by atoms with Crippen LogP contribution in [0.4, 0.5) is 0 Å². The molecule has 2 aromatic heterocycles. The van der Waals surface area contributed by atoms with Gasteiger partial charge in [0.15, 0.2) is 5.76 Å². The van der Waals surface area contributed by atoms with Gasteiger partial charge in [0.2, 0.25) is 10.0 Å². The van der Waals surface area contributed by atoms with Crippen LogP contribution < -0.4 is 0 Å². The number of sulfonamides is 1. The summed E-state index contributed by atoms with van der Waals surface area (Å²) in [6.07, 6.45) is 4.77. The summed E-state index contributed by atoms with van der Waals surface area (Å²) in [5.41, 5.74) is 1.79. The second-order valence-corrected chi connectivity index (χ2v) is 9.57. The monoisotopic (exact) mass is 443 g/mol. The molecule has 1 aliphatic rings. The molecule has 31 heavy (non-hydrogen) atoms. The van der Waals surface area contributed by atoms with Crippen LogP contribution in [0.15, 0.2) is 52.3 Å². The van der Waals surface area contributed by atoms with E-state index >= 15 is 0 Å². The quantitative estimate of drug-likeness (QED) is 0.581. The second-order valence-electron chi connectivity index (χ2n) is 7.67. The Labute approximate surface area is 181 Å². The zero-order valence-corrected chi connectivity index (χ0v) is 18.5. The Morgan fingerprint density at radius 2 is 1.87 bits per heavy atom. The number of amides is 1. The average Bonchev–Trinajstić information content (AvgIpc) is 3.54. The molecule has 9 nitrogen and oxygen atoms in total. The van der Waals surface area contributed by atoms with Gasteiger partial charge in [-0.2, -0.15) is 9.40 Å². The fraction of sp³-hybridized carbons (Fsp3) is 0.381. The Balaban J connectivity index is 1.53. The Bertz CT molecular complexity index is 1160. The fourth-order valence-electron chi connectivity index (χ4n) is 3.71. The number of benzene rings is 1. The summed E-state index contributed by atoms with van der Waals surface area (Å²) < 4.78 is 34.4. The van der Waals surface area contributed by atoms with Crippen molar-refractivity contribution in [1.29, 1.82) is 0 Å². The Kier molecular flexibility index (Phi) is 5.67. The lowest BCUT2D eigenvalue weighted by atomic mass is 10.1. The summed E-state index contributed by atoms with van der Waals surface area (Å²) in [7, 11) is -1.98. The number of carbonyl (C=O) groups excluding carboxylic acids is 1. The minimum Gasteiger partial charge on any atom is -0.455 e. The van der Waals surface area contributed by atoms with Gasteiger partial charge in [-0.25, -0.2) is 18.1 Å². The minimum atomic E-state index is -3.65. The summed E-state index contributed by atoms with van der Waals surface area (Å²) in [6, 6.07) is 8.74. The zero-order chi connectivity index (χ0) is 22.2. The summed E-state index contributed by atoms with van der Waals surface area (Å²) in [5.74, 6) is -0.129. The number of aromatic nitrogens is 3. The molecule has 1 aliphatic heterocycles. The van der Waals surface area contributed by atoms with Crippen molar-refractivity contribution in [3.63, 3.8) is 0 Å². The van der Waals surface area contributed by atoms with E-state index in [1.165, 1.54) is 21.6 Å². The van der Waals surface area contributed by atoms with E-state index in [2.05, 4.69) is 10.1 Å². The van der Waals surface area contributed by atoms with Gasteiger partial charge in [0.1, 0.15) is 23.3 Å². The van der Waals surface area contributed by atoms with E-state index in [0.717, 1.165) is 24.1 Å². The minimum absolute atomic E-state index is 0.0175. The van der Waals surface area contributed by atoms with Gasteiger partial charge >= 0.3 is 0 Å². The molecular formula is C21H25N5O4S. The number of hydrogen-bond acceptors (Lipinski definition) is 6. The first-order chi connectivity index (χ1) is 14.8. The molecule has 0 bridgehead atoms. The Morgan fingerprint density at radius 1 is 1.19 bits per heavy atom. The third kappa shape index (κ3) is 4.00. The molecule has 0 saturated carbocycles. The van der Waals surface area contributed by atoms with E-state index in [4.69, 9.17) is 4.42 Å². The van der Waals surface area contributed by atoms with E-state index in [1.54, 1.807) is 25.0 Å². The molecule has 4 rings (SSSR count). The van der Waals surface area contributed by atoms with Gasteiger partial charge in [-0.3, -0.25) is 4.79 Å². The molecule has 0 N–H and O–H groups in total. The van der Waals surface area contributed by atoms with E-state index in [9.17, 15) is 13.2 Å².